The Hall–Kier alpha value is -0.290. The van der Waals surface area contributed by atoms with Gasteiger partial charge in [-0.15, -0.1) is 24.8 Å². The van der Waals surface area contributed by atoms with Crippen LogP contribution >= 0.6 is 24.8 Å². The normalized spacial score (nSPS) is 19.9. The van der Waals surface area contributed by atoms with Gasteiger partial charge in [0.25, 0.3) is 0 Å². The minimum atomic E-state index is 0. The van der Waals surface area contributed by atoms with E-state index in [1.54, 1.807) is 0 Å². The third-order valence-corrected chi connectivity index (χ3v) is 3.30. The lowest BCUT2D eigenvalue weighted by Gasteiger charge is -2.32. The second-order valence-corrected chi connectivity index (χ2v) is 4.64. The van der Waals surface area contributed by atoms with Crippen molar-refractivity contribution in [3.8, 4) is 0 Å². The van der Waals surface area contributed by atoms with Crippen LogP contribution in [0.25, 0.3) is 0 Å². The van der Waals surface area contributed by atoms with Crippen molar-refractivity contribution in [3.05, 3.63) is 18.5 Å². The molecule has 0 radical (unpaired) electrons. The van der Waals surface area contributed by atoms with Crippen LogP contribution in [0.3, 0.4) is 0 Å². The largest absolute Gasteiger partial charge is 0.319 e. The molecule has 0 aliphatic carbocycles. The Morgan fingerprint density at radius 2 is 2.17 bits per heavy atom. The summed E-state index contributed by atoms with van der Waals surface area (Å²) in [5.74, 6) is 0.830. The summed E-state index contributed by atoms with van der Waals surface area (Å²) in [5, 5.41) is 7.52. The fourth-order valence-corrected chi connectivity index (χ4v) is 2.49. The molecule has 1 aliphatic rings. The summed E-state index contributed by atoms with van der Waals surface area (Å²) in [6.45, 7) is 5.78. The van der Waals surface area contributed by atoms with Crippen molar-refractivity contribution >= 4 is 24.8 Å². The number of hydrogen-bond donors (Lipinski definition) is 1. The van der Waals surface area contributed by atoms with Gasteiger partial charge in [-0.1, -0.05) is 0 Å². The highest BCUT2D eigenvalue weighted by atomic mass is 35.5. The average molecular weight is 295 g/mol. The van der Waals surface area contributed by atoms with E-state index in [4.69, 9.17) is 0 Å². The molecule has 1 aliphatic heterocycles. The first-order valence-electron chi connectivity index (χ1n) is 6.23. The summed E-state index contributed by atoms with van der Waals surface area (Å²) in [6.07, 6.45) is 6.60. The number of rotatable bonds is 5. The van der Waals surface area contributed by atoms with Gasteiger partial charge in [-0.3, -0.25) is 4.68 Å². The van der Waals surface area contributed by atoms with Gasteiger partial charge >= 0.3 is 0 Å². The van der Waals surface area contributed by atoms with Gasteiger partial charge in [0.2, 0.25) is 0 Å². The topological polar surface area (TPSA) is 33.1 Å². The molecule has 0 amide bonds. The molecule has 1 aromatic heterocycles. The fraction of sp³-hybridized carbons (Fsp3) is 0.750. The number of aromatic nitrogens is 2. The van der Waals surface area contributed by atoms with Gasteiger partial charge in [-0.05, 0) is 45.0 Å². The summed E-state index contributed by atoms with van der Waals surface area (Å²) in [6, 6.07) is 1.99. The molecule has 6 heteroatoms. The van der Waals surface area contributed by atoms with E-state index in [9.17, 15) is 0 Å². The molecule has 1 saturated heterocycles. The van der Waals surface area contributed by atoms with Crippen molar-refractivity contribution in [3.63, 3.8) is 0 Å². The Morgan fingerprint density at radius 1 is 1.33 bits per heavy atom. The summed E-state index contributed by atoms with van der Waals surface area (Å²) in [7, 11) is 2.04. The molecule has 0 bridgehead atoms. The van der Waals surface area contributed by atoms with Crippen LogP contribution in [0.1, 0.15) is 12.8 Å². The standard InChI is InChI=1S/C12H22N4.2ClH/c1-13-10-12-4-2-6-15(11-12)8-9-16-7-3-5-14-16;;/h3,5,7,12-13H,2,4,6,8-11H2,1H3;2*1H. The van der Waals surface area contributed by atoms with Crippen LogP contribution in [0, 0.1) is 5.92 Å². The second kappa shape index (κ2) is 9.62. The molecule has 0 saturated carbocycles. The van der Waals surface area contributed by atoms with E-state index in [0.717, 1.165) is 25.6 Å². The smallest absolute Gasteiger partial charge is 0.0536 e. The minimum Gasteiger partial charge on any atom is -0.319 e. The van der Waals surface area contributed by atoms with Gasteiger partial charge in [0.15, 0.2) is 0 Å². The number of nitrogens with one attached hydrogen (secondary N) is 1. The molecule has 1 N–H and O–H groups in total. The first-order valence-corrected chi connectivity index (χ1v) is 6.23. The maximum atomic E-state index is 4.23. The van der Waals surface area contributed by atoms with Crippen molar-refractivity contribution < 1.29 is 0 Å². The Labute approximate surface area is 122 Å². The minimum absolute atomic E-state index is 0. The lowest BCUT2D eigenvalue weighted by molar-refractivity contribution is 0.167. The Balaban J connectivity index is 0.00000144. The highest BCUT2D eigenvalue weighted by Crippen LogP contribution is 2.15. The van der Waals surface area contributed by atoms with E-state index in [0.29, 0.717) is 0 Å². The molecule has 0 spiro atoms. The van der Waals surface area contributed by atoms with Crippen molar-refractivity contribution in [2.24, 2.45) is 5.92 Å². The molecule has 2 rings (SSSR count). The third-order valence-electron chi connectivity index (χ3n) is 3.30. The molecular formula is C12H24Cl2N4. The molecule has 1 unspecified atom stereocenters. The number of piperidine rings is 1. The molecule has 1 atom stereocenters. The summed E-state index contributed by atoms with van der Waals surface area (Å²) < 4.78 is 2.02. The SMILES string of the molecule is CNCC1CCCN(CCn2cccn2)C1.Cl.Cl. The molecule has 2 heterocycles. The number of halogens is 2. The monoisotopic (exact) mass is 294 g/mol. The zero-order chi connectivity index (χ0) is 11.2. The zero-order valence-corrected chi connectivity index (χ0v) is 12.6. The van der Waals surface area contributed by atoms with Crippen LogP contribution in [0.2, 0.25) is 0 Å². The van der Waals surface area contributed by atoms with Crippen molar-refractivity contribution in [1.82, 2.24) is 20.0 Å². The van der Waals surface area contributed by atoms with Gasteiger partial charge in [0.1, 0.15) is 0 Å². The van der Waals surface area contributed by atoms with E-state index >= 15 is 0 Å². The third kappa shape index (κ3) is 5.57. The summed E-state index contributed by atoms with van der Waals surface area (Å²) in [4.78, 5) is 2.56. The predicted octanol–water partition coefficient (Wildman–Crippen LogP) is 1.66. The van der Waals surface area contributed by atoms with Crippen LogP contribution in [-0.2, 0) is 6.54 Å². The number of likely N-dealkylation sites (tertiary alicyclic amines) is 1. The van der Waals surface area contributed by atoms with E-state index < -0.39 is 0 Å². The van der Waals surface area contributed by atoms with Gasteiger partial charge in [-0.2, -0.15) is 5.10 Å². The molecule has 0 aromatic carbocycles. The zero-order valence-electron chi connectivity index (χ0n) is 10.9. The molecule has 106 valence electrons. The quantitative estimate of drug-likeness (QED) is 0.897. The van der Waals surface area contributed by atoms with Gasteiger partial charge in [0, 0.05) is 25.5 Å². The lowest BCUT2D eigenvalue weighted by Crippen LogP contribution is -2.40. The lowest BCUT2D eigenvalue weighted by atomic mass is 9.98. The van der Waals surface area contributed by atoms with Crippen LogP contribution in [0.15, 0.2) is 18.5 Å². The first kappa shape index (κ1) is 17.7. The van der Waals surface area contributed by atoms with E-state index in [2.05, 4.69) is 15.3 Å². The Bertz CT molecular complexity index is 290. The Morgan fingerprint density at radius 3 is 2.83 bits per heavy atom. The molecule has 4 nitrogen and oxygen atoms in total. The molecule has 1 fully saturated rings. The van der Waals surface area contributed by atoms with Gasteiger partial charge in [0.05, 0.1) is 6.54 Å². The Kier molecular flexibility index (Phi) is 9.46. The van der Waals surface area contributed by atoms with Crippen molar-refractivity contribution in [2.45, 2.75) is 19.4 Å². The van der Waals surface area contributed by atoms with Gasteiger partial charge < -0.3 is 10.2 Å². The average Bonchev–Trinajstić information content (AvgIpc) is 2.80. The highest BCUT2D eigenvalue weighted by molar-refractivity contribution is 5.85. The number of nitrogens with zero attached hydrogens (tertiary/aromatic N) is 3. The maximum Gasteiger partial charge on any atom is 0.0536 e. The van der Waals surface area contributed by atoms with E-state index in [-0.39, 0.29) is 24.8 Å². The molecule has 18 heavy (non-hydrogen) atoms. The van der Waals surface area contributed by atoms with Crippen LogP contribution in [0.5, 0.6) is 0 Å². The van der Waals surface area contributed by atoms with Crippen LogP contribution in [-0.4, -0.2) is 47.9 Å². The van der Waals surface area contributed by atoms with Gasteiger partial charge in [-0.25, -0.2) is 0 Å². The number of hydrogen-bond acceptors (Lipinski definition) is 3. The van der Waals surface area contributed by atoms with E-state index in [1.807, 2.05) is 30.2 Å². The maximum absolute atomic E-state index is 4.23. The second-order valence-electron chi connectivity index (χ2n) is 4.64. The van der Waals surface area contributed by atoms with Crippen LogP contribution in [0.4, 0.5) is 0 Å². The predicted molar refractivity (Wildman–Crippen MR) is 79.8 cm³/mol. The highest BCUT2D eigenvalue weighted by Gasteiger charge is 2.18. The van der Waals surface area contributed by atoms with Crippen molar-refractivity contribution in [1.29, 1.82) is 0 Å². The van der Waals surface area contributed by atoms with E-state index in [1.165, 1.54) is 25.9 Å². The molecular weight excluding hydrogens is 271 g/mol. The fourth-order valence-electron chi connectivity index (χ4n) is 2.49. The van der Waals surface area contributed by atoms with Crippen molar-refractivity contribution in [2.75, 3.05) is 33.2 Å². The summed E-state index contributed by atoms with van der Waals surface area (Å²) in [5.41, 5.74) is 0. The first-order chi connectivity index (χ1) is 7.88. The molecule has 1 aromatic rings. The van der Waals surface area contributed by atoms with Crippen LogP contribution < -0.4 is 5.32 Å². The summed E-state index contributed by atoms with van der Waals surface area (Å²) >= 11 is 0.